The average Bonchev–Trinajstić information content (AvgIpc) is 2.55. The number of alkyl halides is 1. The second-order valence-corrected chi connectivity index (χ2v) is 9.83. The van der Waals surface area contributed by atoms with E-state index >= 15 is 0 Å². The minimum Gasteiger partial charge on any atom is -0.291 e. The fourth-order valence-electron chi connectivity index (χ4n) is 2.11. The Morgan fingerprint density at radius 1 is 1.00 bits per heavy atom. The molecule has 3 nitrogen and oxygen atoms in total. The lowest BCUT2D eigenvalue weighted by Gasteiger charge is -2.20. The maximum Gasteiger partial charge on any atom is 0.194 e. The Hall–Kier alpha value is -1.46. The Morgan fingerprint density at radius 3 is 2.00 bits per heavy atom. The van der Waals surface area contributed by atoms with Crippen LogP contribution < -0.4 is 0 Å². The van der Waals surface area contributed by atoms with E-state index in [9.17, 15) is 13.2 Å². The molecule has 0 amide bonds. The van der Waals surface area contributed by atoms with Gasteiger partial charge in [0.05, 0.1) is 0 Å². The van der Waals surface area contributed by atoms with Crippen LogP contribution in [0.4, 0.5) is 0 Å². The molecule has 0 aliphatic rings. The minimum absolute atomic E-state index is 0.0947. The first-order valence-corrected chi connectivity index (χ1v) is 9.35. The molecule has 0 aromatic heterocycles. The van der Waals surface area contributed by atoms with Crippen LogP contribution in [0.2, 0.25) is 0 Å². The number of halogens is 1. The number of hydrogen-bond acceptors (Lipinski definition) is 3. The van der Waals surface area contributed by atoms with E-state index in [1.807, 2.05) is 42.5 Å². The van der Waals surface area contributed by atoms with Gasteiger partial charge in [-0.2, -0.15) is 0 Å². The first-order valence-electron chi connectivity index (χ1n) is 6.91. The van der Waals surface area contributed by atoms with Gasteiger partial charge in [-0.1, -0.05) is 77.5 Å². The number of carbonyl (C=O) groups is 1. The van der Waals surface area contributed by atoms with Crippen molar-refractivity contribution >= 4 is 31.6 Å². The Morgan fingerprint density at radius 2 is 1.50 bits per heavy atom. The Bertz CT molecular complexity index is 763. The van der Waals surface area contributed by atoms with Crippen LogP contribution in [-0.2, 0) is 9.84 Å². The Labute approximate surface area is 139 Å². The number of benzene rings is 2. The maximum absolute atomic E-state index is 12.5. The molecule has 1 unspecified atom stereocenters. The van der Waals surface area contributed by atoms with Gasteiger partial charge in [0.1, 0.15) is 0 Å². The highest BCUT2D eigenvalue weighted by molar-refractivity contribution is 9.12. The van der Waals surface area contributed by atoms with Gasteiger partial charge in [-0.25, -0.2) is 8.42 Å². The number of sulfone groups is 1. The van der Waals surface area contributed by atoms with Gasteiger partial charge < -0.3 is 0 Å². The summed E-state index contributed by atoms with van der Waals surface area (Å²) in [6.45, 7) is 2.92. The molecule has 0 spiro atoms. The van der Waals surface area contributed by atoms with Crippen molar-refractivity contribution in [2.45, 2.75) is 17.5 Å². The SMILES string of the molecule is CCS(=O)(=O)C(C)(Br)C(=O)c1ccc(-c2ccccc2)cc1. The summed E-state index contributed by atoms with van der Waals surface area (Å²) in [6.07, 6.45) is 0. The standard InChI is InChI=1S/C17H17BrO3S/c1-3-22(20,21)17(2,18)16(19)15-11-9-14(10-12-15)13-7-5-4-6-8-13/h4-12H,3H2,1-2H3. The lowest BCUT2D eigenvalue weighted by Crippen LogP contribution is -2.38. The van der Waals surface area contributed by atoms with Crippen molar-refractivity contribution in [2.24, 2.45) is 0 Å². The van der Waals surface area contributed by atoms with E-state index in [-0.39, 0.29) is 5.75 Å². The molecule has 0 N–H and O–H groups in total. The van der Waals surface area contributed by atoms with Crippen LogP contribution in [0, 0.1) is 0 Å². The molecular formula is C17H17BrO3S. The van der Waals surface area contributed by atoms with Crippen LogP contribution in [0.25, 0.3) is 11.1 Å². The molecule has 0 heterocycles. The van der Waals surface area contributed by atoms with Crippen LogP contribution in [0.3, 0.4) is 0 Å². The van der Waals surface area contributed by atoms with Crippen molar-refractivity contribution in [3.63, 3.8) is 0 Å². The van der Waals surface area contributed by atoms with E-state index < -0.39 is 19.3 Å². The molecule has 0 radical (unpaired) electrons. The number of ketones is 1. The first-order chi connectivity index (χ1) is 10.3. The smallest absolute Gasteiger partial charge is 0.194 e. The number of Topliss-reactive ketones (excluding diaryl/α,β-unsaturated/α-hetero) is 1. The molecule has 2 rings (SSSR count). The van der Waals surface area contributed by atoms with E-state index in [1.165, 1.54) is 13.8 Å². The van der Waals surface area contributed by atoms with Gasteiger partial charge in [0.2, 0.25) is 0 Å². The highest BCUT2D eigenvalue weighted by Crippen LogP contribution is 2.31. The van der Waals surface area contributed by atoms with E-state index in [0.29, 0.717) is 5.56 Å². The monoisotopic (exact) mass is 380 g/mol. The zero-order valence-electron chi connectivity index (χ0n) is 12.4. The highest BCUT2D eigenvalue weighted by atomic mass is 79.9. The summed E-state index contributed by atoms with van der Waals surface area (Å²) in [4.78, 5) is 12.5. The van der Waals surface area contributed by atoms with E-state index in [4.69, 9.17) is 0 Å². The molecule has 0 saturated carbocycles. The molecule has 2 aromatic rings. The number of hydrogen-bond donors (Lipinski definition) is 0. The molecular weight excluding hydrogens is 364 g/mol. The third-order valence-electron chi connectivity index (χ3n) is 3.62. The fourth-order valence-corrected chi connectivity index (χ4v) is 3.97. The second kappa shape index (κ2) is 6.34. The zero-order valence-corrected chi connectivity index (χ0v) is 14.8. The highest BCUT2D eigenvalue weighted by Gasteiger charge is 2.42. The lowest BCUT2D eigenvalue weighted by atomic mass is 10.0. The van der Waals surface area contributed by atoms with Crippen molar-refractivity contribution in [2.75, 3.05) is 5.75 Å². The fraction of sp³-hybridized carbons (Fsp3) is 0.235. The molecule has 0 aliphatic carbocycles. The summed E-state index contributed by atoms with van der Waals surface area (Å²) >= 11 is 3.09. The van der Waals surface area contributed by atoms with Gasteiger partial charge in [0.15, 0.2) is 19.3 Å². The van der Waals surface area contributed by atoms with Gasteiger partial charge in [-0.15, -0.1) is 0 Å². The van der Waals surface area contributed by atoms with E-state index in [2.05, 4.69) is 15.9 Å². The predicted octanol–water partition coefficient (Wildman–Crippen LogP) is 4.08. The van der Waals surface area contributed by atoms with E-state index in [1.54, 1.807) is 12.1 Å². The van der Waals surface area contributed by atoms with Gasteiger partial charge >= 0.3 is 0 Å². The molecule has 1 atom stereocenters. The van der Waals surface area contributed by atoms with Crippen molar-refractivity contribution in [3.8, 4) is 11.1 Å². The summed E-state index contributed by atoms with van der Waals surface area (Å²) < 4.78 is 22.5. The van der Waals surface area contributed by atoms with Crippen molar-refractivity contribution in [1.29, 1.82) is 0 Å². The van der Waals surface area contributed by atoms with Crippen LogP contribution in [0.15, 0.2) is 54.6 Å². The third kappa shape index (κ3) is 3.15. The van der Waals surface area contributed by atoms with Crippen molar-refractivity contribution in [1.82, 2.24) is 0 Å². The second-order valence-electron chi connectivity index (χ2n) is 5.09. The van der Waals surface area contributed by atoms with Crippen LogP contribution >= 0.6 is 15.9 Å². The topological polar surface area (TPSA) is 51.2 Å². The molecule has 0 saturated heterocycles. The molecule has 2 aromatic carbocycles. The van der Waals surface area contributed by atoms with Crippen LogP contribution in [0.5, 0.6) is 0 Å². The van der Waals surface area contributed by atoms with Gasteiger partial charge in [0, 0.05) is 11.3 Å². The van der Waals surface area contributed by atoms with Crippen molar-refractivity contribution < 1.29 is 13.2 Å². The molecule has 116 valence electrons. The minimum atomic E-state index is -3.54. The van der Waals surface area contributed by atoms with Crippen LogP contribution in [0.1, 0.15) is 24.2 Å². The van der Waals surface area contributed by atoms with Gasteiger partial charge in [0.25, 0.3) is 0 Å². The quantitative estimate of drug-likeness (QED) is 0.579. The largest absolute Gasteiger partial charge is 0.291 e. The molecule has 22 heavy (non-hydrogen) atoms. The predicted molar refractivity (Wildman–Crippen MR) is 93.0 cm³/mol. The molecule has 0 bridgehead atoms. The average molecular weight is 381 g/mol. The lowest BCUT2D eigenvalue weighted by molar-refractivity contribution is 0.0983. The summed E-state index contributed by atoms with van der Waals surface area (Å²) in [5, 5.41) is 0. The summed E-state index contributed by atoms with van der Waals surface area (Å²) in [7, 11) is -3.54. The summed E-state index contributed by atoms with van der Waals surface area (Å²) in [5.74, 6) is -0.545. The normalized spacial score (nSPS) is 14.3. The molecule has 0 aliphatic heterocycles. The Balaban J connectivity index is 2.33. The summed E-state index contributed by atoms with van der Waals surface area (Å²) in [5.41, 5.74) is 2.40. The Kier molecular flexibility index (Phi) is 4.87. The molecule has 0 fully saturated rings. The molecule has 5 heteroatoms. The summed E-state index contributed by atoms with van der Waals surface area (Å²) in [6, 6.07) is 16.8. The van der Waals surface area contributed by atoms with Crippen LogP contribution in [-0.4, -0.2) is 23.6 Å². The first kappa shape index (κ1) is 16.9. The van der Waals surface area contributed by atoms with Gasteiger partial charge in [-0.3, -0.25) is 4.79 Å². The van der Waals surface area contributed by atoms with Crippen molar-refractivity contribution in [3.05, 3.63) is 60.2 Å². The zero-order chi connectivity index (χ0) is 16.4. The number of carbonyl (C=O) groups excluding carboxylic acids is 1. The van der Waals surface area contributed by atoms with Gasteiger partial charge in [-0.05, 0) is 18.1 Å². The third-order valence-corrected chi connectivity index (χ3v) is 7.58. The number of rotatable bonds is 5. The van der Waals surface area contributed by atoms with E-state index in [0.717, 1.165) is 11.1 Å². The maximum atomic E-state index is 12.5.